The van der Waals surface area contributed by atoms with Crippen molar-refractivity contribution in [3.8, 4) is 11.1 Å². The van der Waals surface area contributed by atoms with E-state index in [4.69, 9.17) is 23.2 Å². The Morgan fingerprint density at radius 2 is 1.93 bits per heavy atom. The lowest BCUT2D eigenvalue weighted by Crippen LogP contribution is -2.19. The molecular weight excluding hydrogens is 411 g/mol. The van der Waals surface area contributed by atoms with Gasteiger partial charge in [-0.2, -0.15) is 0 Å². The van der Waals surface area contributed by atoms with E-state index in [1.54, 1.807) is 61.9 Å². The molecule has 0 aliphatic carbocycles. The number of amides is 1. The summed E-state index contributed by atoms with van der Waals surface area (Å²) in [5.74, 6) is -0.420. The Labute approximate surface area is 175 Å². The summed E-state index contributed by atoms with van der Waals surface area (Å²) in [6, 6.07) is 11.6. The van der Waals surface area contributed by atoms with Crippen LogP contribution in [0.3, 0.4) is 0 Å². The molecule has 0 aliphatic heterocycles. The van der Waals surface area contributed by atoms with Crippen molar-refractivity contribution in [3.63, 3.8) is 0 Å². The number of anilines is 1. The second-order valence-corrected chi connectivity index (χ2v) is 7.09. The molecule has 1 aromatic carbocycles. The van der Waals surface area contributed by atoms with Gasteiger partial charge in [0, 0.05) is 36.6 Å². The number of hydrogen-bond donors (Lipinski definition) is 1. The molecule has 0 unspecified atom stereocenters. The number of aryl methyl sites for hydroxylation is 1. The van der Waals surface area contributed by atoms with Gasteiger partial charge in [0.2, 0.25) is 0 Å². The number of carbonyl (C=O) groups is 1. The van der Waals surface area contributed by atoms with E-state index >= 15 is 0 Å². The summed E-state index contributed by atoms with van der Waals surface area (Å²) in [5.41, 5.74) is 1.71. The normalized spacial score (nSPS) is 10.9. The van der Waals surface area contributed by atoms with Crippen molar-refractivity contribution in [1.82, 2.24) is 14.5 Å². The molecule has 0 spiro atoms. The number of hydrogen-bond acceptors (Lipinski definition) is 4. The van der Waals surface area contributed by atoms with Crippen LogP contribution in [0.5, 0.6) is 0 Å². The third kappa shape index (κ3) is 3.48. The first kappa shape index (κ1) is 19.1. The number of nitrogens with one attached hydrogen (secondary N) is 1. The van der Waals surface area contributed by atoms with Crippen LogP contribution in [-0.2, 0) is 7.05 Å². The molecular formula is C21H14Cl2N4O2. The second kappa shape index (κ2) is 7.66. The molecule has 1 N–H and O–H groups in total. The van der Waals surface area contributed by atoms with Crippen molar-refractivity contribution in [2.24, 2.45) is 7.05 Å². The molecule has 144 valence electrons. The highest BCUT2D eigenvalue weighted by Crippen LogP contribution is 2.39. The number of benzene rings is 1. The lowest BCUT2D eigenvalue weighted by Gasteiger charge is -2.14. The van der Waals surface area contributed by atoms with Crippen LogP contribution in [0, 0.1) is 0 Å². The van der Waals surface area contributed by atoms with E-state index in [2.05, 4.69) is 15.3 Å². The van der Waals surface area contributed by atoms with Crippen molar-refractivity contribution >= 4 is 45.7 Å². The maximum atomic E-state index is 13.0. The Hall–Kier alpha value is -3.22. The Kier molecular flexibility index (Phi) is 5.05. The third-order valence-electron chi connectivity index (χ3n) is 4.53. The van der Waals surface area contributed by atoms with Crippen LogP contribution in [0.4, 0.5) is 5.69 Å². The van der Waals surface area contributed by atoms with Gasteiger partial charge < -0.3 is 9.88 Å². The summed E-state index contributed by atoms with van der Waals surface area (Å²) in [5, 5.41) is 3.95. The van der Waals surface area contributed by atoms with Gasteiger partial charge in [-0.1, -0.05) is 29.3 Å². The maximum Gasteiger partial charge on any atom is 0.274 e. The zero-order chi connectivity index (χ0) is 20.5. The van der Waals surface area contributed by atoms with Gasteiger partial charge in [0.25, 0.3) is 11.5 Å². The molecule has 29 heavy (non-hydrogen) atoms. The quantitative estimate of drug-likeness (QED) is 0.522. The van der Waals surface area contributed by atoms with Crippen molar-refractivity contribution in [2.45, 2.75) is 0 Å². The van der Waals surface area contributed by atoms with Gasteiger partial charge in [-0.25, -0.2) is 0 Å². The topological polar surface area (TPSA) is 76.9 Å². The minimum absolute atomic E-state index is 0.169. The molecule has 0 bridgehead atoms. The number of aromatic nitrogens is 3. The third-order valence-corrected chi connectivity index (χ3v) is 5.24. The van der Waals surface area contributed by atoms with Gasteiger partial charge in [-0.15, -0.1) is 0 Å². The SMILES string of the molecule is Cn1c(=O)c(-c2c(Cl)ccc(NC(=O)c3ccccn3)c2Cl)cc2cnccc21. The van der Waals surface area contributed by atoms with Crippen LogP contribution in [0.15, 0.2) is 65.8 Å². The molecule has 4 rings (SSSR count). The smallest absolute Gasteiger partial charge is 0.274 e. The molecule has 3 heterocycles. The second-order valence-electron chi connectivity index (χ2n) is 6.31. The zero-order valence-electron chi connectivity index (χ0n) is 15.2. The summed E-state index contributed by atoms with van der Waals surface area (Å²) >= 11 is 13.0. The molecule has 6 nitrogen and oxygen atoms in total. The molecule has 0 fully saturated rings. The Bertz CT molecular complexity index is 1300. The minimum Gasteiger partial charge on any atom is -0.319 e. The molecule has 8 heteroatoms. The number of fused-ring (bicyclic) bond motifs is 1. The summed E-state index contributed by atoms with van der Waals surface area (Å²) in [7, 11) is 1.67. The lowest BCUT2D eigenvalue weighted by molar-refractivity contribution is 0.102. The number of halogens is 2. The standard InChI is InChI=1S/C21H14Cl2N4O2/c1-27-17-7-9-24-11-12(17)10-13(21(27)29)18-14(22)5-6-15(19(18)23)26-20(28)16-4-2-3-8-25-16/h2-11H,1H3,(H,26,28). The van der Waals surface area contributed by atoms with Crippen LogP contribution in [-0.4, -0.2) is 20.4 Å². The number of pyridine rings is 3. The summed E-state index contributed by atoms with van der Waals surface area (Å²) in [6.07, 6.45) is 4.80. The van der Waals surface area contributed by atoms with Crippen molar-refractivity contribution in [1.29, 1.82) is 0 Å². The van der Waals surface area contributed by atoms with E-state index < -0.39 is 5.91 Å². The largest absolute Gasteiger partial charge is 0.319 e. The van der Waals surface area contributed by atoms with Crippen molar-refractivity contribution in [2.75, 3.05) is 5.32 Å². The first-order valence-electron chi connectivity index (χ1n) is 8.62. The fourth-order valence-corrected chi connectivity index (χ4v) is 3.70. The highest BCUT2D eigenvalue weighted by molar-refractivity contribution is 6.41. The van der Waals surface area contributed by atoms with Gasteiger partial charge in [-0.05, 0) is 36.4 Å². The molecule has 0 saturated heterocycles. The number of nitrogens with zero attached hydrogens (tertiary/aromatic N) is 3. The molecule has 0 saturated carbocycles. The fraction of sp³-hybridized carbons (Fsp3) is 0.0476. The highest BCUT2D eigenvalue weighted by atomic mass is 35.5. The lowest BCUT2D eigenvalue weighted by atomic mass is 10.0. The maximum absolute atomic E-state index is 13.0. The van der Waals surface area contributed by atoms with Crippen molar-refractivity contribution < 1.29 is 4.79 Å². The van der Waals surface area contributed by atoms with Crippen LogP contribution < -0.4 is 10.9 Å². The van der Waals surface area contributed by atoms with Crippen LogP contribution in [0.1, 0.15) is 10.5 Å². The van der Waals surface area contributed by atoms with E-state index in [0.29, 0.717) is 21.8 Å². The summed E-state index contributed by atoms with van der Waals surface area (Å²) in [4.78, 5) is 33.6. The number of carbonyl (C=O) groups excluding carboxylic acids is 1. The average Bonchev–Trinajstić information content (AvgIpc) is 2.74. The first-order valence-corrected chi connectivity index (χ1v) is 9.37. The van der Waals surface area contributed by atoms with Gasteiger partial charge in [0.15, 0.2) is 0 Å². The van der Waals surface area contributed by atoms with E-state index in [-0.39, 0.29) is 16.3 Å². The molecule has 1 amide bonds. The summed E-state index contributed by atoms with van der Waals surface area (Å²) in [6.45, 7) is 0. The van der Waals surface area contributed by atoms with Crippen LogP contribution >= 0.6 is 23.2 Å². The number of rotatable bonds is 3. The molecule has 3 aromatic heterocycles. The minimum atomic E-state index is -0.420. The van der Waals surface area contributed by atoms with Gasteiger partial charge in [0.1, 0.15) is 5.69 Å². The van der Waals surface area contributed by atoms with Crippen molar-refractivity contribution in [3.05, 3.63) is 87.1 Å². The van der Waals surface area contributed by atoms with Gasteiger partial charge in [-0.3, -0.25) is 19.6 Å². The molecule has 4 aromatic rings. The predicted molar refractivity (Wildman–Crippen MR) is 115 cm³/mol. The molecule has 0 aliphatic rings. The predicted octanol–water partition coefficient (Wildman–Crippen LogP) is 4.55. The Balaban J connectivity index is 1.85. The van der Waals surface area contributed by atoms with Gasteiger partial charge in [0.05, 0.1) is 26.8 Å². The molecule has 0 radical (unpaired) electrons. The zero-order valence-corrected chi connectivity index (χ0v) is 16.7. The van der Waals surface area contributed by atoms with Crippen LogP contribution in [0.25, 0.3) is 22.0 Å². The Morgan fingerprint density at radius 1 is 1.10 bits per heavy atom. The average molecular weight is 425 g/mol. The van der Waals surface area contributed by atoms with Crippen LogP contribution in [0.2, 0.25) is 10.0 Å². The fourth-order valence-electron chi connectivity index (χ4n) is 3.08. The van der Waals surface area contributed by atoms with E-state index in [0.717, 1.165) is 10.9 Å². The first-order chi connectivity index (χ1) is 14.0. The van der Waals surface area contributed by atoms with Gasteiger partial charge >= 0.3 is 0 Å². The summed E-state index contributed by atoms with van der Waals surface area (Å²) < 4.78 is 1.51. The monoisotopic (exact) mass is 424 g/mol. The highest BCUT2D eigenvalue weighted by Gasteiger charge is 2.19. The van der Waals surface area contributed by atoms with E-state index in [1.165, 1.54) is 10.8 Å². The van der Waals surface area contributed by atoms with E-state index in [1.807, 2.05) is 0 Å². The Morgan fingerprint density at radius 3 is 2.69 bits per heavy atom. The molecule has 0 atom stereocenters. The van der Waals surface area contributed by atoms with E-state index in [9.17, 15) is 9.59 Å².